The lowest BCUT2D eigenvalue weighted by Gasteiger charge is -2.15. The van der Waals surface area contributed by atoms with Crippen LogP contribution in [0.15, 0.2) is 24.3 Å². The lowest BCUT2D eigenvalue weighted by atomic mass is 10.1. The topological polar surface area (TPSA) is 67.8 Å². The van der Waals surface area contributed by atoms with Crippen LogP contribution in [0.1, 0.15) is 18.4 Å². The third kappa shape index (κ3) is 4.83. The van der Waals surface area contributed by atoms with E-state index < -0.39 is 12.0 Å². The van der Waals surface area contributed by atoms with Crippen LogP contribution in [-0.2, 0) is 16.0 Å². The van der Waals surface area contributed by atoms with Crippen molar-refractivity contribution in [3.05, 3.63) is 29.8 Å². The van der Waals surface area contributed by atoms with Gasteiger partial charge in [0.2, 0.25) is 0 Å². The summed E-state index contributed by atoms with van der Waals surface area (Å²) in [4.78, 5) is 11.1. The molecule has 20 heavy (non-hydrogen) atoms. The molecule has 0 saturated heterocycles. The lowest BCUT2D eigenvalue weighted by molar-refractivity contribution is -0.140. The van der Waals surface area contributed by atoms with E-state index in [4.69, 9.17) is 14.6 Å². The molecule has 0 spiro atoms. The lowest BCUT2D eigenvalue weighted by Crippen LogP contribution is -2.42. The quantitative estimate of drug-likeness (QED) is 0.716. The zero-order chi connectivity index (χ0) is 14.4. The van der Waals surface area contributed by atoms with E-state index in [0.717, 1.165) is 19.3 Å². The zero-order valence-electron chi connectivity index (χ0n) is 11.7. The fourth-order valence-corrected chi connectivity index (χ4v) is 1.88. The van der Waals surface area contributed by atoms with Gasteiger partial charge in [0.05, 0.1) is 6.61 Å². The molecule has 2 N–H and O–H groups in total. The molecule has 1 saturated carbocycles. The van der Waals surface area contributed by atoms with E-state index in [1.165, 1.54) is 5.56 Å². The molecule has 0 heterocycles. The van der Waals surface area contributed by atoms with Crippen LogP contribution in [0, 0.1) is 0 Å². The normalized spacial score (nSPS) is 15.8. The number of methoxy groups -OCH3 is 1. The fraction of sp³-hybridized carbons (Fsp3) is 0.533. The smallest absolute Gasteiger partial charge is 0.324 e. The van der Waals surface area contributed by atoms with Gasteiger partial charge in [-0.3, -0.25) is 10.1 Å². The molecule has 1 aromatic carbocycles. The van der Waals surface area contributed by atoms with Gasteiger partial charge in [0.15, 0.2) is 0 Å². The molecule has 1 aromatic rings. The van der Waals surface area contributed by atoms with E-state index in [1.54, 1.807) is 7.11 Å². The second-order valence-electron chi connectivity index (χ2n) is 5.03. The maximum absolute atomic E-state index is 11.1. The minimum atomic E-state index is -0.867. The molecule has 110 valence electrons. The molecule has 1 atom stereocenters. The predicted octanol–water partition coefficient (Wildman–Crippen LogP) is 1.46. The van der Waals surface area contributed by atoms with Gasteiger partial charge >= 0.3 is 5.97 Å². The fourth-order valence-electron chi connectivity index (χ4n) is 1.88. The average molecular weight is 279 g/mol. The summed E-state index contributed by atoms with van der Waals surface area (Å²) < 4.78 is 10.6. The monoisotopic (exact) mass is 279 g/mol. The van der Waals surface area contributed by atoms with Crippen LogP contribution in [0.4, 0.5) is 0 Å². The summed E-state index contributed by atoms with van der Waals surface area (Å²) in [7, 11) is 1.68. The van der Waals surface area contributed by atoms with Crippen LogP contribution in [0.2, 0.25) is 0 Å². The van der Waals surface area contributed by atoms with Gasteiger partial charge in [-0.25, -0.2) is 0 Å². The number of hydrogen-bond donors (Lipinski definition) is 2. The zero-order valence-corrected chi connectivity index (χ0v) is 11.7. The van der Waals surface area contributed by atoms with Crippen molar-refractivity contribution in [2.45, 2.75) is 31.3 Å². The van der Waals surface area contributed by atoms with Gasteiger partial charge in [0.25, 0.3) is 0 Å². The summed E-state index contributed by atoms with van der Waals surface area (Å²) in [6, 6.07) is 7.37. The van der Waals surface area contributed by atoms with Crippen molar-refractivity contribution < 1.29 is 19.4 Å². The van der Waals surface area contributed by atoms with E-state index in [1.807, 2.05) is 24.3 Å². The first-order valence-corrected chi connectivity index (χ1v) is 6.88. The van der Waals surface area contributed by atoms with Crippen molar-refractivity contribution in [3.63, 3.8) is 0 Å². The number of benzene rings is 1. The van der Waals surface area contributed by atoms with Gasteiger partial charge in [-0.1, -0.05) is 12.1 Å². The second kappa shape index (κ2) is 7.26. The van der Waals surface area contributed by atoms with Crippen LogP contribution in [0.5, 0.6) is 5.75 Å². The molecule has 0 amide bonds. The van der Waals surface area contributed by atoms with Crippen LogP contribution < -0.4 is 10.1 Å². The molecule has 0 bridgehead atoms. The Morgan fingerprint density at radius 3 is 2.65 bits per heavy atom. The van der Waals surface area contributed by atoms with E-state index in [-0.39, 0.29) is 6.61 Å². The van der Waals surface area contributed by atoms with Crippen molar-refractivity contribution in [3.8, 4) is 5.75 Å². The number of carbonyl (C=O) groups is 1. The highest BCUT2D eigenvalue weighted by Gasteiger charge is 2.28. The molecular weight excluding hydrogens is 258 g/mol. The SMILES string of the molecule is COCCc1ccc(OCC(NC2CC2)C(=O)O)cc1. The number of carboxylic acids is 1. The minimum absolute atomic E-state index is 0.142. The highest BCUT2D eigenvalue weighted by molar-refractivity contribution is 5.73. The Hall–Kier alpha value is -1.59. The van der Waals surface area contributed by atoms with Crippen molar-refractivity contribution in [1.29, 1.82) is 0 Å². The first-order chi connectivity index (χ1) is 9.69. The third-order valence-electron chi connectivity index (χ3n) is 3.25. The molecule has 0 aliphatic heterocycles. The number of hydrogen-bond acceptors (Lipinski definition) is 4. The van der Waals surface area contributed by atoms with Gasteiger partial charge in [-0.2, -0.15) is 0 Å². The second-order valence-corrected chi connectivity index (χ2v) is 5.03. The van der Waals surface area contributed by atoms with Gasteiger partial charge < -0.3 is 14.6 Å². The van der Waals surface area contributed by atoms with Crippen LogP contribution >= 0.6 is 0 Å². The van der Waals surface area contributed by atoms with E-state index in [9.17, 15) is 4.79 Å². The first kappa shape index (κ1) is 14.8. The minimum Gasteiger partial charge on any atom is -0.491 e. The standard InChI is InChI=1S/C15H21NO4/c1-19-9-8-11-2-6-13(7-3-11)20-10-14(15(17)18)16-12-4-5-12/h2-3,6-7,12,14,16H,4-5,8-10H2,1H3,(H,17,18). The molecule has 0 radical (unpaired) electrons. The Morgan fingerprint density at radius 1 is 1.40 bits per heavy atom. The highest BCUT2D eigenvalue weighted by atomic mass is 16.5. The van der Waals surface area contributed by atoms with Crippen molar-refractivity contribution in [2.75, 3.05) is 20.3 Å². The largest absolute Gasteiger partial charge is 0.491 e. The summed E-state index contributed by atoms with van der Waals surface area (Å²) in [6.07, 6.45) is 2.97. The third-order valence-corrected chi connectivity index (χ3v) is 3.25. The number of rotatable bonds is 9. The first-order valence-electron chi connectivity index (χ1n) is 6.88. The van der Waals surface area contributed by atoms with Crippen molar-refractivity contribution >= 4 is 5.97 Å². The average Bonchev–Trinajstić information content (AvgIpc) is 3.26. The van der Waals surface area contributed by atoms with Crippen molar-refractivity contribution in [1.82, 2.24) is 5.32 Å². The van der Waals surface area contributed by atoms with Gasteiger partial charge in [-0.05, 0) is 37.0 Å². The highest BCUT2D eigenvalue weighted by Crippen LogP contribution is 2.20. The summed E-state index contributed by atoms with van der Waals surface area (Å²) in [5.41, 5.74) is 1.17. The Balaban J connectivity index is 1.80. The van der Waals surface area contributed by atoms with Crippen LogP contribution in [-0.4, -0.2) is 43.5 Å². The summed E-state index contributed by atoms with van der Waals surface area (Å²) in [6.45, 7) is 0.829. The Kier molecular flexibility index (Phi) is 5.38. The Bertz CT molecular complexity index is 428. The number of ether oxygens (including phenoxy) is 2. The molecule has 1 aliphatic rings. The number of nitrogens with one attached hydrogen (secondary N) is 1. The Morgan fingerprint density at radius 2 is 2.10 bits per heavy atom. The van der Waals surface area contributed by atoms with Crippen LogP contribution in [0.25, 0.3) is 0 Å². The molecule has 1 aliphatic carbocycles. The van der Waals surface area contributed by atoms with E-state index in [0.29, 0.717) is 18.4 Å². The van der Waals surface area contributed by atoms with E-state index >= 15 is 0 Å². The maximum atomic E-state index is 11.1. The molecule has 1 unspecified atom stereocenters. The Labute approximate surface area is 118 Å². The summed E-state index contributed by atoms with van der Waals surface area (Å²) in [5, 5.41) is 12.2. The van der Waals surface area contributed by atoms with Gasteiger partial charge in [0.1, 0.15) is 18.4 Å². The molecule has 1 fully saturated rings. The molecule has 5 nitrogen and oxygen atoms in total. The van der Waals surface area contributed by atoms with E-state index in [2.05, 4.69) is 5.32 Å². The molecule has 2 rings (SSSR count). The van der Waals surface area contributed by atoms with Gasteiger partial charge in [0, 0.05) is 13.2 Å². The summed E-state index contributed by atoms with van der Waals surface area (Å²) in [5.74, 6) is -0.177. The van der Waals surface area contributed by atoms with Gasteiger partial charge in [-0.15, -0.1) is 0 Å². The van der Waals surface area contributed by atoms with Crippen molar-refractivity contribution in [2.24, 2.45) is 0 Å². The molecule has 0 aromatic heterocycles. The number of aliphatic carboxylic acids is 1. The predicted molar refractivity (Wildman–Crippen MR) is 75.1 cm³/mol. The molecular formula is C15H21NO4. The summed E-state index contributed by atoms with van der Waals surface area (Å²) >= 11 is 0. The van der Waals surface area contributed by atoms with Crippen LogP contribution in [0.3, 0.4) is 0 Å². The number of carboxylic acid groups (broad SMARTS) is 1. The molecule has 5 heteroatoms. The maximum Gasteiger partial charge on any atom is 0.324 e.